The molecule has 2 aromatic heterocycles. The van der Waals surface area contributed by atoms with Gasteiger partial charge in [0, 0.05) is 25.8 Å². The Balaban J connectivity index is 1.58. The van der Waals surface area contributed by atoms with Gasteiger partial charge in [0.25, 0.3) is 0 Å². The van der Waals surface area contributed by atoms with Gasteiger partial charge in [-0.05, 0) is 19.4 Å². The van der Waals surface area contributed by atoms with Gasteiger partial charge >= 0.3 is 0 Å². The zero-order chi connectivity index (χ0) is 19.9. The molecule has 1 amide bonds. The van der Waals surface area contributed by atoms with Gasteiger partial charge in [-0.1, -0.05) is 11.6 Å². The lowest BCUT2D eigenvalue weighted by Gasteiger charge is -2.24. The van der Waals surface area contributed by atoms with Crippen LogP contribution in [0, 0.1) is 11.3 Å². The van der Waals surface area contributed by atoms with Crippen molar-refractivity contribution in [1.82, 2.24) is 30.0 Å². The Bertz CT molecular complexity index is 863. The summed E-state index contributed by atoms with van der Waals surface area (Å²) in [7, 11) is 1.83. The third kappa shape index (κ3) is 5.31. The maximum absolute atomic E-state index is 11.9. The molecule has 11 heteroatoms. The number of nitrogens with one attached hydrogen (secondary N) is 3. The number of halogens is 1. The van der Waals surface area contributed by atoms with Gasteiger partial charge < -0.3 is 16.0 Å². The molecule has 0 spiro atoms. The van der Waals surface area contributed by atoms with Crippen molar-refractivity contribution in [2.24, 2.45) is 7.05 Å². The highest BCUT2D eigenvalue weighted by atomic mass is 35.5. The van der Waals surface area contributed by atoms with Crippen molar-refractivity contribution in [3.8, 4) is 6.07 Å². The maximum Gasteiger partial charge on any atom is 0.235 e. The number of hydrogen-bond donors (Lipinski definition) is 3. The molecule has 0 aromatic carbocycles. The molecule has 3 N–H and O–H groups in total. The van der Waals surface area contributed by atoms with Gasteiger partial charge in [0.15, 0.2) is 5.82 Å². The number of aromatic nitrogens is 4. The van der Waals surface area contributed by atoms with Gasteiger partial charge in [-0.2, -0.15) is 15.3 Å². The number of hydrogen-bond acceptors (Lipinski definition) is 8. The van der Waals surface area contributed by atoms with Crippen molar-refractivity contribution in [3.05, 3.63) is 23.6 Å². The van der Waals surface area contributed by atoms with E-state index in [-0.39, 0.29) is 25.0 Å². The predicted molar refractivity (Wildman–Crippen MR) is 105 cm³/mol. The highest BCUT2D eigenvalue weighted by Gasteiger charge is 2.26. The Morgan fingerprint density at radius 2 is 2.32 bits per heavy atom. The van der Waals surface area contributed by atoms with Gasteiger partial charge in [-0.3, -0.25) is 14.4 Å². The highest BCUT2D eigenvalue weighted by Crippen LogP contribution is 2.23. The molecule has 0 unspecified atom stereocenters. The summed E-state index contributed by atoms with van der Waals surface area (Å²) in [6, 6.07) is 2.10. The first-order chi connectivity index (χ1) is 13.5. The molecule has 10 nitrogen and oxygen atoms in total. The van der Waals surface area contributed by atoms with Crippen molar-refractivity contribution in [2.45, 2.75) is 18.9 Å². The van der Waals surface area contributed by atoms with Gasteiger partial charge in [-0.25, -0.2) is 4.98 Å². The second-order valence-corrected chi connectivity index (χ2v) is 6.91. The molecule has 0 radical (unpaired) electrons. The molecule has 1 saturated heterocycles. The van der Waals surface area contributed by atoms with Crippen LogP contribution >= 0.6 is 11.6 Å². The molecule has 1 fully saturated rings. The van der Waals surface area contributed by atoms with Crippen LogP contribution in [0.5, 0.6) is 0 Å². The van der Waals surface area contributed by atoms with E-state index in [1.54, 1.807) is 10.9 Å². The molecular formula is C17H22ClN9O. The van der Waals surface area contributed by atoms with Crippen LogP contribution in [0.3, 0.4) is 0 Å². The number of nitriles is 1. The van der Waals surface area contributed by atoms with Gasteiger partial charge in [0.05, 0.1) is 30.7 Å². The number of aryl methyl sites for hydroxylation is 1. The van der Waals surface area contributed by atoms with Crippen LogP contribution in [0.4, 0.5) is 17.5 Å². The number of carbonyl (C=O) groups excluding carboxylic acids is 1. The molecule has 0 bridgehead atoms. The summed E-state index contributed by atoms with van der Waals surface area (Å²) in [4.78, 5) is 22.6. The number of nitrogens with zero attached hydrogens (tertiary/aromatic N) is 6. The Morgan fingerprint density at radius 3 is 3.07 bits per heavy atom. The van der Waals surface area contributed by atoms with Crippen LogP contribution < -0.4 is 16.0 Å². The average Bonchev–Trinajstić information content (AvgIpc) is 3.29. The van der Waals surface area contributed by atoms with Gasteiger partial charge in [0.1, 0.15) is 11.6 Å². The molecule has 3 rings (SSSR count). The van der Waals surface area contributed by atoms with E-state index in [4.69, 9.17) is 16.9 Å². The van der Waals surface area contributed by atoms with Crippen LogP contribution in [0.1, 0.15) is 12.8 Å². The average molecular weight is 404 g/mol. The largest absolute Gasteiger partial charge is 0.367 e. The first-order valence-corrected chi connectivity index (χ1v) is 9.32. The topological polar surface area (TPSA) is 124 Å². The second-order valence-electron chi connectivity index (χ2n) is 6.50. The Morgan fingerprint density at radius 1 is 1.46 bits per heavy atom. The summed E-state index contributed by atoms with van der Waals surface area (Å²) in [5, 5.41) is 22.0. The number of anilines is 3. The number of likely N-dealkylation sites (tertiary alicyclic amines) is 1. The van der Waals surface area contributed by atoms with Crippen LogP contribution in [0.2, 0.25) is 5.02 Å². The normalized spacial score (nSPS) is 16.5. The van der Waals surface area contributed by atoms with E-state index in [0.717, 1.165) is 25.1 Å². The molecule has 2 aromatic rings. The van der Waals surface area contributed by atoms with E-state index in [1.165, 1.54) is 6.20 Å². The summed E-state index contributed by atoms with van der Waals surface area (Å²) in [6.45, 7) is 1.75. The van der Waals surface area contributed by atoms with E-state index in [1.807, 2.05) is 19.3 Å². The monoisotopic (exact) mass is 403 g/mol. The molecule has 1 aliphatic rings. The minimum absolute atomic E-state index is 0.0266. The van der Waals surface area contributed by atoms with Crippen molar-refractivity contribution < 1.29 is 4.79 Å². The van der Waals surface area contributed by atoms with E-state index in [0.29, 0.717) is 23.3 Å². The fourth-order valence-electron chi connectivity index (χ4n) is 3.09. The molecule has 28 heavy (non-hydrogen) atoms. The maximum atomic E-state index is 11.9. The molecule has 148 valence electrons. The van der Waals surface area contributed by atoms with Crippen LogP contribution in [0.25, 0.3) is 0 Å². The fraction of sp³-hybridized carbons (Fsp3) is 0.471. The minimum atomic E-state index is -0.142. The van der Waals surface area contributed by atoms with Crippen LogP contribution in [-0.4, -0.2) is 62.8 Å². The number of carbonyl (C=O) groups is 1. The van der Waals surface area contributed by atoms with Crippen molar-refractivity contribution in [3.63, 3.8) is 0 Å². The van der Waals surface area contributed by atoms with E-state index < -0.39 is 0 Å². The van der Waals surface area contributed by atoms with Crippen LogP contribution in [0.15, 0.2) is 18.6 Å². The number of rotatable bonds is 8. The summed E-state index contributed by atoms with van der Waals surface area (Å²) in [5.74, 6) is 0.805. The van der Waals surface area contributed by atoms with E-state index >= 15 is 0 Å². The van der Waals surface area contributed by atoms with E-state index in [2.05, 4.69) is 35.9 Å². The highest BCUT2D eigenvalue weighted by molar-refractivity contribution is 6.32. The third-order valence-corrected chi connectivity index (χ3v) is 4.70. The molecule has 0 saturated carbocycles. The summed E-state index contributed by atoms with van der Waals surface area (Å²) in [6.07, 6.45) is 7.03. The SMILES string of the molecule is Cn1cc(Nc2ncc(Cl)c(NC[C@H]3CCCN3CC(=O)NCC#N)n2)cn1. The van der Waals surface area contributed by atoms with Gasteiger partial charge in [0.2, 0.25) is 11.9 Å². The Labute approximate surface area is 167 Å². The standard InChI is InChI=1S/C17H22ClN9O/c1-26-10-12(7-23-26)24-17-22-9-14(18)16(25-17)21-8-13-3-2-6-27(13)11-15(28)20-5-4-19/h7,9-10,13H,2-3,5-6,8,11H2,1H3,(H,20,28)(H2,21,22,24,25)/t13-/m1/s1. The molecule has 0 aliphatic carbocycles. The lowest BCUT2D eigenvalue weighted by molar-refractivity contribution is -0.122. The lowest BCUT2D eigenvalue weighted by atomic mass is 10.2. The third-order valence-electron chi connectivity index (χ3n) is 4.42. The zero-order valence-corrected chi connectivity index (χ0v) is 16.3. The first kappa shape index (κ1) is 19.9. The first-order valence-electron chi connectivity index (χ1n) is 8.95. The van der Waals surface area contributed by atoms with Crippen molar-refractivity contribution in [1.29, 1.82) is 5.26 Å². The molecule has 3 heterocycles. The minimum Gasteiger partial charge on any atom is -0.367 e. The Hall–Kier alpha value is -2.90. The second kappa shape index (κ2) is 9.34. The number of amides is 1. The van der Waals surface area contributed by atoms with Crippen molar-refractivity contribution in [2.75, 3.05) is 36.8 Å². The van der Waals surface area contributed by atoms with E-state index in [9.17, 15) is 4.79 Å². The van der Waals surface area contributed by atoms with Crippen molar-refractivity contribution >= 4 is 35.0 Å². The summed E-state index contributed by atoms with van der Waals surface area (Å²) >= 11 is 6.23. The van der Waals surface area contributed by atoms with Gasteiger partial charge in [-0.15, -0.1) is 0 Å². The smallest absolute Gasteiger partial charge is 0.235 e. The molecule has 1 aliphatic heterocycles. The van der Waals surface area contributed by atoms with Crippen LogP contribution in [-0.2, 0) is 11.8 Å². The quantitative estimate of drug-likeness (QED) is 0.560. The fourth-order valence-corrected chi connectivity index (χ4v) is 3.25. The summed E-state index contributed by atoms with van der Waals surface area (Å²) < 4.78 is 1.68. The lowest BCUT2D eigenvalue weighted by Crippen LogP contribution is -2.42. The predicted octanol–water partition coefficient (Wildman–Crippen LogP) is 1.12. The summed E-state index contributed by atoms with van der Waals surface area (Å²) in [5.41, 5.74) is 0.779. The molecular weight excluding hydrogens is 382 g/mol. The Kier molecular flexibility index (Phi) is 6.62. The molecule has 1 atom stereocenters. The zero-order valence-electron chi connectivity index (χ0n) is 15.5.